The van der Waals surface area contributed by atoms with Gasteiger partial charge in [-0.25, -0.2) is 0 Å². The fraction of sp³-hybridized carbons (Fsp3) is 1.00. The highest BCUT2D eigenvalue weighted by Crippen LogP contribution is 2.01. The van der Waals surface area contributed by atoms with Crippen LogP contribution in [0.15, 0.2) is 0 Å². The van der Waals surface area contributed by atoms with Gasteiger partial charge >= 0.3 is 0 Å². The molecule has 0 aliphatic rings. The second-order valence-corrected chi connectivity index (χ2v) is 4.82. The Bertz CT molecular complexity index is 122. The minimum atomic E-state index is 0.303. The van der Waals surface area contributed by atoms with Gasteiger partial charge in [0.25, 0.3) is 0 Å². The lowest BCUT2D eigenvalue weighted by atomic mass is 10.1. The zero-order valence-corrected chi connectivity index (χ0v) is 11.4. The highest BCUT2D eigenvalue weighted by molar-refractivity contribution is 4.50. The Morgan fingerprint density at radius 1 is 0.938 bits per heavy atom. The van der Waals surface area contributed by atoms with E-state index in [-0.39, 0.29) is 0 Å². The monoisotopic (exact) mass is 231 g/mol. The Kier molecular flexibility index (Phi) is 11.3. The van der Waals surface area contributed by atoms with Crippen molar-refractivity contribution < 1.29 is 9.47 Å². The maximum absolute atomic E-state index is 5.42. The van der Waals surface area contributed by atoms with E-state index in [1.165, 1.54) is 12.8 Å². The number of ether oxygens (including phenoxy) is 2. The first-order chi connectivity index (χ1) is 7.63. The fourth-order valence-electron chi connectivity index (χ4n) is 1.35. The van der Waals surface area contributed by atoms with E-state index in [0.29, 0.717) is 19.3 Å². The summed E-state index contributed by atoms with van der Waals surface area (Å²) in [4.78, 5) is 0. The molecule has 0 radical (unpaired) electrons. The van der Waals surface area contributed by atoms with Crippen LogP contribution in [-0.2, 0) is 9.47 Å². The lowest BCUT2D eigenvalue weighted by molar-refractivity contribution is 0.0204. The third-order valence-electron chi connectivity index (χ3n) is 2.24. The quantitative estimate of drug-likeness (QED) is 0.554. The Balaban J connectivity index is 2.93. The third-order valence-corrected chi connectivity index (χ3v) is 2.24. The predicted molar refractivity (Wildman–Crippen MR) is 68.8 cm³/mol. The molecule has 0 rings (SSSR count). The molecule has 0 aliphatic carbocycles. The molecule has 0 saturated heterocycles. The minimum absolute atomic E-state index is 0.303. The van der Waals surface area contributed by atoms with Crippen molar-refractivity contribution in [3.63, 3.8) is 0 Å². The molecule has 0 atom stereocenters. The summed E-state index contributed by atoms with van der Waals surface area (Å²) < 4.78 is 10.8. The molecule has 16 heavy (non-hydrogen) atoms. The van der Waals surface area contributed by atoms with E-state index in [9.17, 15) is 0 Å². The molecule has 0 spiro atoms. The molecule has 0 fully saturated rings. The maximum atomic E-state index is 5.42. The topological polar surface area (TPSA) is 30.5 Å². The van der Waals surface area contributed by atoms with Gasteiger partial charge in [0, 0.05) is 6.54 Å². The van der Waals surface area contributed by atoms with Gasteiger partial charge in [0.05, 0.1) is 25.9 Å². The van der Waals surface area contributed by atoms with Gasteiger partial charge in [-0.2, -0.15) is 0 Å². The molecule has 0 aromatic rings. The average molecular weight is 231 g/mol. The number of hydrogen-bond donors (Lipinski definition) is 1. The van der Waals surface area contributed by atoms with E-state index in [0.717, 1.165) is 25.6 Å². The summed E-state index contributed by atoms with van der Waals surface area (Å²) in [6, 6.07) is 0. The lowest BCUT2D eigenvalue weighted by Gasteiger charge is -2.09. The zero-order valence-electron chi connectivity index (χ0n) is 11.4. The zero-order chi connectivity index (χ0) is 12.2. The SMILES string of the molecule is CC(C)CCCNCCOCCOC(C)C. The van der Waals surface area contributed by atoms with E-state index in [2.05, 4.69) is 19.2 Å². The Morgan fingerprint density at radius 3 is 2.31 bits per heavy atom. The second-order valence-electron chi connectivity index (χ2n) is 4.82. The summed E-state index contributed by atoms with van der Waals surface area (Å²) >= 11 is 0. The first-order valence-corrected chi connectivity index (χ1v) is 6.53. The summed E-state index contributed by atoms with van der Waals surface area (Å²) in [6.07, 6.45) is 2.86. The summed E-state index contributed by atoms with van der Waals surface area (Å²) in [6.45, 7) is 12.8. The highest BCUT2D eigenvalue weighted by atomic mass is 16.5. The van der Waals surface area contributed by atoms with Gasteiger partial charge in [-0.3, -0.25) is 0 Å². The molecule has 0 unspecified atom stereocenters. The molecular weight excluding hydrogens is 202 g/mol. The van der Waals surface area contributed by atoms with Crippen LogP contribution in [0.5, 0.6) is 0 Å². The van der Waals surface area contributed by atoms with Gasteiger partial charge in [-0.1, -0.05) is 13.8 Å². The van der Waals surface area contributed by atoms with E-state index in [4.69, 9.17) is 9.47 Å². The van der Waals surface area contributed by atoms with Crippen molar-refractivity contribution in [2.75, 3.05) is 32.9 Å². The molecule has 1 N–H and O–H groups in total. The fourth-order valence-corrected chi connectivity index (χ4v) is 1.35. The lowest BCUT2D eigenvalue weighted by Crippen LogP contribution is -2.22. The number of nitrogens with one attached hydrogen (secondary N) is 1. The smallest absolute Gasteiger partial charge is 0.0703 e. The van der Waals surface area contributed by atoms with Crippen LogP contribution in [0.4, 0.5) is 0 Å². The standard InChI is InChI=1S/C13H29NO2/c1-12(2)6-5-7-14-8-9-15-10-11-16-13(3)4/h12-14H,5-11H2,1-4H3. The first-order valence-electron chi connectivity index (χ1n) is 6.53. The van der Waals surface area contributed by atoms with Gasteiger partial charge in [-0.15, -0.1) is 0 Å². The Morgan fingerprint density at radius 2 is 1.69 bits per heavy atom. The molecule has 0 saturated carbocycles. The second kappa shape index (κ2) is 11.4. The minimum Gasteiger partial charge on any atom is -0.378 e. The molecule has 0 amide bonds. The van der Waals surface area contributed by atoms with Gasteiger partial charge in [0.2, 0.25) is 0 Å². The summed E-state index contributed by atoms with van der Waals surface area (Å²) in [7, 11) is 0. The molecule has 0 aliphatic heterocycles. The van der Waals surface area contributed by atoms with Crippen LogP contribution in [0.1, 0.15) is 40.5 Å². The molecular formula is C13H29NO2. The van der Waals surface area contributed by atoms with Crippen molar-refractivity contribution in [2.45, 2.75) is 46.6 Å². The molecule has 3 heteroatoms. The van der Waals surface area contributed by atoms with Gasteiger partial charge < -0.3 is 14.8 Å². The van der Waals surface area contributed by atoms with E-state index in [1.54, 1.807) is 0 Å². The molecule has 3 nitrogen and oxygen atoms in total. The maximum Gasteiger partial charge on any atom is 0.0703 e. The Labute approximate surface area is 101 Å². The largest absolute Gasteiger partial charge is 0.378 e. The average Bonchev–Trinajstić information content (AvgIpc) is 2.20. The predicted octanol–water partition coefficient (Wildman–Crippen LogP) is 2.45. The molecule has 0 heterocycles. The van der Waals surface area contributed by atoms with Crippen LogP contribution >= 0.6 is 0 Å². The van der Waals surface area contributed by atoms with E-state index in [1.807, 2.05) is 13.8 Å². The van der Waals surface area contributed by atoms with Crippen molar-refractivity contribution >= 4 is 0 Å². The van der Waals surface area contributed by atoms with Crippen molar-refractivity contribution in [1.29, 1.82) is 0 Å². The van der Waals surface area contributed by atoms with Crippen LogP contribution in [0.3, 0.4) is 0 Å². The van der Waals surface area contributed by atoms with Crippen LogP contribution in [0, 0.1) is 5.92 Å². The van der Waals surface area contributed by atoms with E-state index < -0.39 is 0 Å². The summed E-state index contributed by atoms with van der Waals surface area (Å²) in [5, 5.41) is 3.37. The van der Waals surface area contributed by atoms with Crippen molar-refractivity contribution in [1.82, 2.24) is 5.32 Å². The van der Waals surface area contributed by atoms with Crippen molar-refractivity contribution in [3.8, 4) is 0 Å². The highest BCUT2D eigenvalue weighted by Gasteiger charge is 1.95. The third kappa shape index (κ3) is 13.9. The number of hydrogen-bond acceptors (Lipinski definition) is 3. The van der Waals surface area contributed by atoms with Crippen molar-refractivity contribution in [3.05, 3.63) is 0 Å². The van der Waals surface area contributed by atoms with Crippen LogP contribution in [0.25, 0.3) is 0 Å². The summed E-state index contributed by atoms with van der Waals surface area (Å²) in [5.74, 6) is 0.811. The number of rotatable bonds is 11. The van der Waals surface area contributed by atoms with Gasteiger partial charge in [-0.05, 0) is 39.2 Å². The van der Waals surface area contributed by atoms with Crippen LogP contribution in [-0.4, -0.2) is 39.0 Å². The van der Waals surface area contributed by atoms with Crippen molar-refractivity contribution in [2.24, 2.45) is 5.92 Å². The van der Waals surface area contributed by atoms with Crippen LogP contribution in [0.2, 0.25) is 0 Å². The van der Waals surface area contributed by atoms with E-state index >= 15 is 0 Å². The Hall–Kier alpha value is -0.120. The molecule has 0 aromatic carbocycles. The molecule has 98 valence electrons. The molecule has 0 aromatic heterocycles. The summed E-state index contributed by atoms with van der Waals surface area (Å²) in [5.41, 5.74) is 0. The molecule has 0 bridgehead atoms. The van der Waals surface area contributed by atoms with Crippen LogP contribution < -0.4 is 5.32 Å². The van der Waals surface area contributed by atoms with Gasteiger partial charge in [0.1, 0.15) is 0 Å². The normalized spacial score (nSPS) is 11.6. The first kappa shape index (κ1) is 15.9. The van der Waals surface area contributed by atoms with Gasteiger partial charge in [0.15, 0.2) is 0 Å².